The number of rotatable bonds is 2. The van der Waals surface area contributed by atoms with Gasteiger partial charge in [-0.3, -0.25) is 0 Å². The van der Waals surface area contributed by atoms with Gasteiger partial charge in [-0.1, -0.05) is 0 Å². The normalized spacial score (nSPS) is 24.5. The summed E-state index contributed by atoms with van der Waals surface area (Å²) >= 11 is 2.35. The van der Waals surface area contributed by atoms with Crippen LogP contribution in [0.4, 0.5) is 0 Å². The third kappa shape index (κ3) is 1.63. The molecule has 1 aliphatic carbocycles. The Balaban J connectivity index is 1.87. The fourth-order valence-electron chi connectivity index (χ4n) is 1.86. The van der Waals surface area contributed by atoms with Crippen molar-refractivity contribution < 1.29 is 4.74 Å². The number of hydrogen-bond donors (Lipinski definition) is 1. The van der Waals surface area contributed by atoms with Gasteiger partial charge in [0.1, 0.15) is 12.4 Å². The topological polar surface area (TPSA) is 21.3 Å². The lowest BCUT2D eigenvalue weighted by Gasteiger charge is -2.10. The SMILES string of the molecule is Ic1ccc2c(c1)C(NC1CC1)CO2. The maximum atomic E-state index is 5.63. The summed E-state index contributed by atoms with van der Waals surface area (Å²) in [5, 5.41) is 3.61. The second-order valence-corrected chi connectivity index (χ2v) is 5.23. The van der Waals surface area contributed by atoms with E-state index in [2.05, 4.69) is 46.1 Å². The highest BCUT2D eigenvalue weighted by Crippen LogP contribution is 2.35. The molecule has 14 heavy (non-hydrogen) atoms. The summed E-state index contributed by atoms with van der Waals surface area (Å²) in [5.74, 6) is 1.06. The monoisotopic (exact) mass is 301 g/mol. The number of hydrogen-bond acceptors (Lipinski definition) is 2. The van der Waals surface area contributed by atoms with E-state index < -0.39 is 0 Å². The molecule has 74 valence electrons. The van der Waals surface area contributed by atoms with Crippen LogP contribution in [0.5, 0.6) is 5.75 Å². The Bertz CT molecular complexity index is 362. The third-order valence-electron chi connectivity index (χ3n) is 2.77. The Morgan fingerprint density at radius 2 is 2.21 bits per heavy atom. The maximum absolute atomic E-state index is 5.63. The molecule has 1 heterocycles. The fourth-order valence-corrected chi connectivity index (χ4v) is 2.37. The molecule has 1 aromatic rings. The van der Waals surface area contributed by atoms with E-state index in [0.29, 0.717) is 6.04 Å². The Morgan fingerprint density at radius 3 is 3.00 bits per heavy atom. The molecular formula is C11H12INO. The van der Waals surface area contributed by atoms with Crippen LogP contribution in [0.3, 0.4) is 0 Å². The molecule has 1 atom stereocenters. The number of nitrogens with one attached hydrogen (secondary N) is 1. The van der Waals surface area contributed by atoms with Crippen molar-refractivity contribution in [2.24, 2.45) is 0 Å². The predicted octanol–water partition coefficient (Wildman–Crippen LogP) is 2.48. The summed E-state index contributed by atoms with van der Waals surface area (Å²) in [6, 6.07) is 7.56. The minimum Gasteiger partial charge on any atom is -0.491 e. The molecule has 1 aromatic carbocycles. The summed E-state index contributed by atoms with van der Waals surface area (Å²) in [7, 11) is 0. The van der Waals surface area contributed by atoms with Gasteiger partial charge in [0.2, 0.25) is 0 Å². The Hall–Kier alpha value is -0.290. The summed E-state index contributed by atoms with van der Waals surface area (Å²) in [4.78, 5) is 0. The van der Waals surface area contributed by atoms with Gasteiger partial charge in [0.05, 0.1) is 6.04 Å². The van der Waals surface area contributed by atoms with E-state index in [1.807, 2.05) is 0 Å². The standard InChI is InChI=1S/C11H12INO/c12-7-1-4-11-9(5-7)10(6-14-11)13-8-2-3-8/h1,4-5,8,10,13H,2-3,6H2. The van der Waals surface area contributed by atoms with Crippen LogP contribution in [-0.2, 0) is 0 Å². The number of benzene rings is 1. The van der Waals surface area contributed by atoms with E-state index in [4.69, 9.17) is 4.74 Å². The highest BCUT2D eigenvalue weighted by molar-refractivity contribution is 14.1. The molecule has 1 unspecified atom stereocenters. The molecule has 3 heteroatoms. The molecule has 3 rings (SSSR count). The predicted molar refractivity (Wildman–Crippen MR) is 63.6 cm³/mol. The average Bonchev–Trinajstić information content (AvgIpc) is 2.90. The van der Waals surface area contributed by atoms with Gasteiger partial charge in [0, 0.05) is 15.2 Å². The molecule has 0 amide bonds. The quantitative estimate of drug-likeness (QED) is 0.847. The maximum Gasteiger partial charge on any atom is 0.124 e. The Labute approximate surface area is 97.2 Å². The van der Waals surface area contributed by atoms with Gasteiger partial charge in [-0.05, 0) is 53.6 Å². The molecule has 0 spiro atoms. The molecule has 2 nitrogen and oxygen atoms in total. The lowest BCUT2D eigenvalue weighted by Crippen LogP contribution is -2.24. The fraction of sp³-hybridized carbons (Fsp3) is 0.455. The zero-order chi connectivity index (χ0) is 9.54. The van der Waals surface area contributed by atoms with Crippen molar-refractivity contribution >= 4 is 22.6 Å². The van der Waals surface area contributed by atoms with Crippen LogP contribution in [-0.4, -0.2) is 12.6 Å². The zero-order valence-corrected chi connectivity index (χ0v) is 9.95. The van der Waals surface area contributed by atoms with E-state index in [1.165, 1.54) is 22.0 Å². The van der Waals surface area contributed by atoms with Gasteiger partial charge < -0.3 is 10.1 Å². The van der Waals surface area contributed by atoms with Crippen molar-refractivity contribution in [2.45, 2.75) is 24.9 Å². The van der Waals surface area contributed by atoms with E-state index >= 15 is 0 Å². The third-order valence-corrected chi connectivity index (χ3v) is 3.44. The minimum atomic E-state index is 0.423. The molecule has 1 aliphatic heterocycles. The second-order valence-electron chi connectivity index (χ2n) is 3.99. The minimum absolute atomic E-state index is 0.423. The van der Waals surface area contributed by atoms with Crippen molar-refractivity contribution in [3.8, 4) is 5.75 Å². The molecule has 1 N–H and O–H groups in total. The van der Waals surface area contributed by atoms with E-state index in [9.17, 15) is 0 Å². The smallest absolute Gasteiger partial charge is 0.124 e. The van der Waals surface area contributed by atoms with Crippen molar-refractivity contribution in [1.29, 1.82) is 0 Å². The van der Waals surface area contributed by atoms with Crippen LogP contribution in [0.1, 0.15) is 24.4 Å². The lowest BCUT2D eigenvalue weighted by molar-refractivity contribution is 0.310. The number of ether oxygens (including phenoxy) is 1. The molecule has 0 saturated heterocycles. The van der Waals surface area contributed by atoms with Gasteiger partial charge in [0.25, 0.3) is 0 Å². The second kappa shape index (κ2) is 3.38. The van der Waals surface area contributed by atoms with Gasteiger partial charge >= 0.3 is 0 Å². The number of fused-ring (bicyclic) bond motifs is 1. The Morgan fingerprint density at radius 1 is 1.36 bits per heavy atom. The first-order chi connectivity index (χ1) is 6.83. The molecule has 2 aliphatic rings. The largest absolute Gasteiger partial charge is 0.491 e. The number of halogens is 1. The highest BCUT2D eigenvalue weighted by Gasteiger charge is 2.30. The van der Waals surface area contributed by atoms with E-state index in [1.54, 1.807) is 0 Å². The van der Waals surface area contributed by atoms with Gasteiger partial charge in [-0.25, -0.2) is 0 Å². The molecule has 0 aromatic heterocycles. The van der Waals surface area contributed by atoms with Crippen LogP contribution in [0.2, 0.25) is 0 Å². The summed E-state index contributed by atoms with van der Waals surface area (Å²) < 4.78 is 6.92. The average molecular weight is 301 g/mol. The van der Waals surface area contributed by atoms with Crippen molar-refractivity contribution in [1.82, 2.24) is 5.32 Å². The van der Waals surface area contributed by atoms with E-state index in [-0.39, 0.29) is 0 Å². The summed E-state index contributed by atoms with van der Waals surface area (Å²) in [5.41, 5.74) is 1.34. The van der Waals surface area contributed by atoms with Crippen LogP contribution in [0, 0.1) is 3.57 Å². The highest BCUT2D eigenvalue weighted by atomic mass is 127. The van der Waals surface area contributed by atoms with Gasteiger partial charge in [-0.15, -0.1) is 0 Å². The van der Waals surface area contributed by atoms with Crippen molar-refractivity contribution in [3.05, 3.63) is 27.3 Å². The van der Waals surface area contributed by atoms with Crippen LogP contribution in [0.15, 0.2) is 18.2 Å². The molecule has 0 radical (unpaired) electrons. The molecule has 1 saturated carbocycles. The van der Waals surface area contributed by atoms with Crippen molar-refractivity contribution in [2.75, 3.05) is 6.61 Å². The summed E-state index contributed by atoms with van der Waals surface area (Å²) in [6.45, 7) is 0.798. The Kier molecular flexibility index (Phi) is 2.17. The zero-order valence-electron chi connectivity index (χ0n) is 7.79. The first-order valence-electron chi connectivity index (χ1n) is 5.01. The summed E-state index contributed by atoms with van der Waals surface area (Å²) in [6.07, 6.45) is 2.66. The van der Waals surface area contributed by atoms with Gasteiger partial charge in [-0.2, -0.15) is 0 Å². The molecule has 0 bridgehead atoms. The van der Waals surface area contributed by atoms with E-state index in [0.717, 1.165) is 18.4 Å². The molecular weight excluding hydrogens is 289 g/mol. The van der Waals surface area contributed by atoms with Crippen molar-refractivity contribution in [3.63, 3.8) is 0 Å². The van der Waals surface area contributed by atoms with Crippen LogP contribution in [0.25, 0.3) is 0 Å². The van der Waals surface area contributed by atoms with Crippen LogP contribution < -0.4 is 10.1 Å². The van der Waals surface area contributed by atoms with Crippen LogP contribution >= 0.6 is 22.6 Å². The molecule has 1 fully saturated rings. The lowest BCUT2D eigenvalue weighted by atomic mass is 10.1. The first kappa shape index (κ1) is 8.97. The first-order valence-corrected chi connectivity index (χ1v) is 6.09. The van der Waals surface area contributed by atoms with Gasteiger partial charge in [0.15, 0.2) is 0 Å².